The quantitative estimate of drug-likeness (QED) is 0.210. The lowest BCUT2D eigenvalue weighted by Gasteiger charge is -2.15. The number of Topliss-reactive ketones (excluding diaryl/α,β-unsaturated/α-hetero) is 1. The molecule has 3 aromatic heterocycles. The second-order valence-electron chi connectivity index (χ2n) is 9.16. The number of nitrogens with zero attached hydrogens (tertiary/aromatic N) is 6. The van der Waals surface area contributed by atoms with E-state index in [1.165, 1.54) is 18.4 Å². The number of hydrogen-bond acceptors (Lipinski definition) is 5. The average molecular weight is 479 g/mol. The van der Waals surface area contributed by atoms with Crippen molar-refractivity contribution in [3.8, 4) is 17.5 Å². The fourth-order valence-corrected chi connectivity index (χ4v) is 4.53. The van der Waals surface area contributed by atoms with Crippen LogP contribution in [-0.2, 0) is 13.5 Å². The highest BCUT2D eigenvalue weighted by Gasteiger charge is 2.14. The number of rotatable bonds is 8. The van der Waals surface area contributed by atoms with Gasteiger partial charge in [-0.3, -0.25) is 9.48 Å². The Hall–Kier alpha value is -4.18. The Morgan fingerprint density at radius 3 is 2.69 bits per heavy atom. The highest BCUT2D eigenvalue weighted by molar-refractivity contribution is 5.96. The standard InChI is InChI=1S/C29H30N6O/c1-33-22-23(21-31-33)8-2-3-10-28(36)25-13-15-27(35-19-7-16-30-35)24(20-25)12-14-26-9-6-11-29(32-26)34-17-4-5-18-34/h6-7,9,11,13,15-16,19-22H,2-5,8,10,17-18H2,1H3. The lowest BCUT2D eigenvalue weighted by atomic mass is 10.0. The van der Waals surface area contributed by atoms with Gasteiger partial charge in [-0.25, -0.2) is 9.67 Å². The van der Waals surface area contributed by atoms with Crippen molar-refractivity contribution >= 4 is 11.6 Å². The number of aryl methyl sites for hydroxylation is 2. The van der Waals surface area contributed by atoms with Gasteiger partial charge in [-0.15, -0.1) is 0 Å². The Balaban J connectivity index is 1.33. The van der Waals surface area contributed by atoms with Crippen molar-refractivity contribution in [2.45, 2.75) is 38.5 Å². The van der Waals surface area contributed by atoms with Crippen LogP contribution in [0.15, 0.2) is 67.3 Å². The molecule has 0 bridgehead atoms. The third kappa shape index (κ3) is 5.72. The SMILES string of the molecule is Cn1cc(CCCCC(=O)c2ccc(-n3cccn3)c(C#Cc3cccc(N4CCCC4)n3)c2)cn1. The molecule has 1 aliphatic heterocycles. The zero-order valence-electron chi connectivity index (χ0n) is 20.6. The van der Waals surface area contributed by atoms with E-state index >= 15 is 0 Å². The van der Waals surface area contributed by atoms with E-state index in [9.17, 15) is 4.79 Å². The first-order valence-electron chi connectivity index (χ1n) is 12.5. The van der Waals surface area contributed by atoms with Crippen molar-refractivity contribution in [3.05, 3.63) is 89.6 Å². The van der Waals surface area contributed by atoms with Gasteiger partial charge in [-0.1, -0.05) is 12.0 Å². The van der Waals surface area contributed by atoms with E-state index in [1.807, 2.05) is 72.8 Å². The van der Waals surface area contributed by atoms with Crippen LogP contribution in [0.4, 0.5) is 5.82 Å². The number of ketones is 1. The van der Waals surface area contributed by atoms with Crippen molar-refractivity contribution in [1.29, 1.82) is 0 Å². The van der Waals surface area contributed by atoms with Crippen LogP contribution in [0, 0.1) is 11.8 Å². The smallest absolute Gasteiger partial charge is 0.162 e. The molecule has 1 fully saturated rings. The molecule has 0 aliphatic carbocycles. The van der Waals surface area contributed by atoms with Gasteiger partial charge in [0, 0.05) is 50.7 Å². The van der Waals surface area contributed by atoms with E-state index in [2.05, 4.69) is 26.9 Å². The Labute approximate surface area is 211 Å². The van der Waals surface area contributed by atoms with Crippen LogP contribution < -0.4 is 4.90 Å². The molecule has 0 spiro atoms. The number of benzene rings is 1. The molecule has 1 aromatic carbocycles. The zero-order valence-corrected chi connectivity index (χ0v) is 20.6. The number of anilines is 1. The first-order valence-corrected chi connectivity index (χ1v) is 12.5. The Morgan fingerprint density at radius 2 is 1.92 bits per heavy atom. The second kappa shape index (κ2) is 11.0. The maximum absolute atomic E-state index is 13.0. The van der Waals surface area contributed by atoms with Crippen LogP contribution in [0.25, 0.3) is 5.69 Å². The number of pyridine rings is 1. The van der Waals surface area contributed by atoms with Crippen LogP contribution in [0.2, 0.25) is 0 Å². The summed E-state index contributed by atoms with van der Waals surface area (Å²) in [5, 5.41) is 8.57. The summed E-state index contributed by atoms with van der Waals surface area (Å²) in [7, 11) is 1.92. The summed E-state index contributed by atoms with van der Waals surface area (Å²) >= 11 is 0. The largest absolute Gasteiger partial charge is 0.357 e. The van der Waals surface area contributed by atoms with E-state index < -0.39 is 0 Å². The molecule has 182 valence electrons. The molecule has 5 rings (SSSR count). The Bertz CT molecular complexity index is 1390. The third-order valence-corrected chi connectivity index (χ3v) is 6.44. The third-order valence-electron chi connectivity index (χ3n) is 6.44. The Kier molecular flexibility index (Phi) is 7.23. The first kappa shape index (κ1) is 23.6. The molecule has 7 heteroatoms. The molecular weight excluding hydrogens is 448 g/mol. The number of carbonyl (C=O) groups excluding carboxylic acids is 1. The minimum atomic E-state index is 0.130. The van der Waals surface area contributed by atoms with Gasteiger partial charge in [0.05, 0.1) is 17.4 Å². The molecule has 0 atom stereocenters. The molecule has 0 saturated carbocycles. The minimum Gasteiger partial charge on any atom is -0.357 e. The van der Waals surface area contributed by atoms with Gasteiger partial charge < -0.3 is 4.90 Å². The molecule has 0 radical (unpaired) electrons. The van der Waals surface area contributed by atoms with Crippen LogP contribution in [-0.4, -0.2) is 43.4 Å². The molecule has 0 unspecified atom stereocenters. The maximum atomic E-state index is 13.0. The van der Waals surface area contributed by atoms with Crippen LogP contribution in [0.1, 0.15) is 59.3 Å². The summed E-state index contributed by atoms with van der Waals surface area (Å²) < 4.78 is 3.59. The van der Waals surface area contributed by atoms with Gasteiger partial charge in [-0.2, -0.15) is 10.2 Å². The number of hydrogen-bond donors (Lipinski definition) is 0. The minimum absolute atomic E-state index is 0.130. The predicted molar refractivity (Wildman–Crippen MR) is 140 cm³/mol. The lowest BCUT2D eigenvalue weighted by Crippen LogP contribution is -2.18. The average Bonchev–Trinajstić information content (AvgIpc) is 3.69. The van der Waals surface area contributed by atoms with E-state index in [0.717, 1.165) is 55.1 Å². The predicted octanol–water partition coefficient (Wildman–Crippen LogP) is 4.60. The molecular formula is C29H30N6O. The van der Waals surface area contributed by atoms with Gasteiger partial charge in [0.25, 0.3) is 0 Å². The number of carbonyl (C=O) groups is 1. The molecule has 0 N–H and O–H groups in total. The second-order valence-corrected chi connectivity index (χ2v) is 9.16. The van der Waals surface area contributed by atoms with Crippen molar-refractivity contribution in [3.63, 3.8) is 0 Å². The molecule has 7 nitrogen and oxygen atoms in total. The topological polar surface area (TPSA) is 68.8 Å². The Morgan fingerprint density at radius 1 is 1.03 bits per heavy atom. The molecule has 4 heterocycles. The van der Waals surface area contributed by atoms with E-state index in [-0.39, 0.29) is 5.78 Å². The van der Waals surface area contributed by atoms with Crippen LogP contribution in [0.3, 0.4) is 0 Å². The summed E-state index contributed by atoms with van der Waals surface area (Å²) in [4.78, 5) is 20.0. The van der Waals surface area contributed by atoms with Gasteiger partial charge >= 0.3 is 0 Å². The summed E-state index contributed by atoms with van der Waals surface area (Å²) in [5.41, 5.74) is 4.20. The monoisotopic (exact) mass is 478 g/mol. The molecule has 36 heavy (non-hydrogen) atoms. The summed E-state index contributed by atoms with van der Waals surface area (Å²) in [6, 6.07) is 13.5. The highest BCUT2D eigenvalue weighted by Crippen LogP contribution is 2.20. The lowest BCUT2D eigenvalue weighted by molar-refractivity contribution is 0.0979. The summed E-state index contributed by atoms with van der Waals surface area (Å²) in [6.45, 7) is 2.08. The number of unbranched alkanes of at least 4 members (excludes halogenated alkanes) is 1. The summed E-state index contributed by atoms with van der Waals surface area (Å²) in [5.74, 6) is 7.59. The fraction of sp³-hybridized carbons (Fsp3) is 0.310. The van der Waals surface area contributed by atoms with Crippen molar-refractivity contribution in [1.82, 2.24) is 24.5 Å². The van der Waals surface area contributed by atoms with Crippen LogP contribution >= 0.6 is 0 Å². The van der Waals surface area contributed by atoms with Gasteiger partial charge in [0.15, 0.2) is 5.78 Å². The van der Waals surface area contributed by atoms with E-state index in [4.69, 9.17) is 4.98 Å². The molecule has 4 aromatic rings. The zero-order chi connectivity index (χ0) is 24.7. The molecule has 1 saturated heterocycles. The number of aromatic nitrogens is 5. The normalized spacial score (nSPS) is 13.0. The van der Waals surface area contributed by atoms with E-state index in [1.54, 1.807) is 10.9 Å². The van der Waals surface area contributed by atoms with Crippen molar-refractivity contribution in [2.75, 3.05) is 18.0 Å². The first-order chi connectivity index (χ1) is 17.7. The van der Waals surface area contributed by atoms with Crippen molar-refractivity contribution < 1.29 is 4.79 Å². The van der Waals surface area contributed by atoms with E-state index in [0.29, 0.717) is 12.0 Å². The van der Waals surface area contributed by atoms with Gasteiger partial charge in [0.2, 0.25) is 0 Å². The molecule has 1 aliphatic rings. The fourth-order valence-electron chi connectivity index (χ4n) is 4.53. The molecule has 0 amide bonds. The van der Waals surface area contributed by atoms with Crippen molar-refractivity contribution in [2.24, 2.45) is 7.05 Å². The van der Waals surface area contributed by atoms with Crippen LogP contribution in [0.5, 0.6) is 0 Å². The summed E-state index contributed by atoms with van der Waals surface area (Å²) in [6.07, 6.45) is 13.2. The van der Waals surface area contributed by atoms with Gasteiger partial charge in [-0.05, 0) is 80.0 Å². The van der Waals surface area contributed by atoms with Gasteiger partial charge in [0.1, 0.15) is 11.5 Å². The highest BCUT2D eigenvalue weighted by atomic mass is 16.1. The maximum Gasteiger partial charge on any atom is 0.162 e.